The second-order valence-electron chi connectivity index (χ2n) is 7.59. The van der Waals surface area contributed by atoms with Crippen molar-refractivity contribution in [2.24, 2.45) is 5.92 Å². The number of carbonyl (C=O) groups is 1. The molecule has 0 unspecified atom stereocenters. The second kappa shape index (κ2) is 10.4. The number of aromatic nitrogens is 2. The predicted octanol–water partition coefficient (Wildman–Crippen LogP) is 3.54. The number of carbonyl (C=O) groups excluding carboxylic acids is 1. The first kappa shape index (κ1) is 23.4. The van der Waals surface area contributed by atoms with Crippen LogP contribution in [0.3, 0.4) is 0 Å². The second-order valence-corrected chi connectivity index (χ2v) is 9.98. The molecular weight excluding hydrogens is 442 g/mol. The molecule has 1 aromatic carbocycles. The number of ether oxygens (including phenoxy) is 1. The molecule has 10 heteroatoms. The van der Waals surface area contributed by atoms with Crippen LogP contribution in [-0.4, -0.2) is 48.9 Å². The number of hydrogen-bond acceptors (Lipinski definition) is 7. The van der Waals surface area contributed by atoms with Crippen LogP contribution in [0.5, 0.6) is 5.88 Å². The van der Waals surface area contributed by atoms with E-state index in [1.807, 2.05) is 0 Å². The molecule has 0 spiro atoms. The monoisotopic (exact) mass is 467 g/mol. The molecule has 0 saturated heterocycles. The van der Waals surface area contributed by atoms with Crippen molar-refractivity contribution >= 4 is 38.9 Å². The van der Waals surface area contributed by atoms with Crippen LogP contribution in [0.2, 0.25) is 5.02 Å². The summed E-state index contributed by atoms with van der Waals surface area (Å²) in [5.74, 6) is 0.869. The highest BCUT2D eigenvalue weighted by molar-refractivity contribution is 7.90. The van der Waals surface area contributed by atoms with Gasteiger partial charge in [-0.3, -0.25) is 9.69 Å². The minimum Gasteiger partial charge on any atom is -0.474 e. The van der Waals surface area contributed by atoms with Crippen LogP contribution < -0.4 is 9.64 Å². The summed E-state index contributed by atoms with van der Waals surface area (Å²) in [5.41, 5.74) is 0.409. The molecule has 1 aliphatic carbocycles. The number of rotatable bonds is 9. The Morgan fingerprint density at radius 3 is 2.58 bits per heavy atom. The maximum Gasteiger partial charge on any atom is 0.232 e. The van der Waals surface area contributed by atoms with Crippen LogP contribution in [0.1, 0.15) is 38.5 Å². The zero-order valence-electron chi connectivity index (χ0n) is 17.3. The smallest absolute Gasteiger partial charge is 0.232 e. The molecule has 3 rings (SSSR count). The number of aliphatic hydroxyl groups excluding tert-OH is 1. The van der Waals surface area contributed by atoms with Crippen molar-refractivity contribution in [3.05, 3.63) is 35.6 Å². The molecule has 1 fully saturated rings. The third-order valence-electron chi connectivity index (χ3n) is 5.25. The van der Waals surface area contributed by atoms with Gasteiger partial charge in [0.25, 0.3) is 0 Å². The standard InChI is InChI=1S/C21H26ClN3O5S/c1-31(28,29)18-8-7-16(12-17(18)22)25(21(27)9-6-15-4-2-3-5-15)19-13-24-20(14-23-19)30-11-10-26/h7-8,12-15,26H,2-6,9-11H2,1H3. The highest BCUT2D eigenvalue weighted by atomic mass is 35.5. The van der Waals surface area contributed by atoms with E-state index in [9.17, 15) is 13.2 Å². The van der Waals surface area contributed by atoms with Crippen LogP contribution in [0.25, 0.3) is 0 Å². The topological polar surface area (TPSA) is 110 Å². The summed E-state index contributed by atoms with van der Waals surface area (Å²) in [6.45, 7) is -0.0684. The Morgan fingerprint density at radius 2 is 2.00 bits per heavy atom. The molecule has 31 heavy (non-hydrogen) atoms. The molecule has 0 aliphatic heterocycles. The molecular formula is C21H26ClN3O5S. The highest BCUT2D eigenvalue weighted by Gasteiger charge is 2.24. The van der Waals surface area contributed by atoms with Crippen molar-refractivity contribution in [3.63, 3.8) is 0 Å². The predicted molar refractivity (Wildman–Crippen MR) is 118 cm³/mol. The zero-order valence-corrected chi connectivity index (χ0v) is 18.9. The third-order valence-corrected chi connectivity index (χ3v) is 6.83. The lowest BCUT2D eigenvalue weighted by atomic mass is 10.0. The lowest BCUT2D eigenvalue weighted by molar-refractivity contribution is -0.118. The molecule has 1 saturated carbocycles. The van der Waals surface area contributed by atoms with Crippen LogP contribution in [0, 0.1) is 5.92 Å². The van der Waals surface area contributed by atoms with Crippen LogP contribution in [-0.2, 0) is 14.6 Å². The van der Waals surface area contributed by atoms with Crippen molar-refractivity contribution in [2.75, 3.05) is 24.4 Å². The fourth-order valence-corrected chi connectivity index (χ4v) is 5.05. The lowest BCUT2D eigenvalue weighted by Crippen LogP contribution is -2.27. The minimum absolute atomic E-state index is 0.00453. The molecule has 0 atom stereocenters. The Balaban J connectivity index is 1.90. The summed E-state index contributed by atoms with van der Waals surface area (Å²) in [4.78, 5) is 23.0. The summed E-state index contributed by atoms with van der Waals surface area (Å²) in [6, 6.07) is 4.37. The van der Waals surface area contributed by atoms with E-state index < -0.39 is 9.84 Å². The van der Waals surface area contributed by atoms with Gasteiger partial charge in [-0.2, -0.15) is 0 Å². The van der Waals surface area contributed by atoms with E-state index in [4.69, 9.17) is 21.4 Å². The quantitative estimate of drug-likeness (QED) is 0.600. The fourth-order valence-electron chi connectivity index (χ4n) is 3.72. The first-order valence-electron chi connectivity index (χ1n) is 10.2. The molecule has 2 aromatic rings. The van der Waals surface area contributed by atoms with E-state index in [0.29, 0.717) is 18.0 Å². The Kier molecular flexibility index (Phi) is 7.85. The molecule has 0 bridgehead atoms. The van der Waals surface area contributed by atoms with Gasteiger partial charge < -0.3 is 9.84 Å². The van der Waals surface area contributed by atoms with Gasteiger partial charge in [0.1, 0.15) is 6.61 Å². The number of halogens is 1. The number of sulfone groups is 1. The maximum absolute atomic E-state index is 13.2. The Labute approximate surface area is 187 Å². The Morgan fingerprint density at radius 1 is 1.26 bits per heavy atom. The third kappa shape index (κ3) is 6.15. The maximum atomic E-state index is 13.2. The van der Waals surface area contributed by atoms with Crippen LogP contribution >= 0.6 is 11.6 Å². The average molecular weight is 468 g/mol. The van der Waals surface area contributed by atoms with Gasteiger partial charge in [0.05, 0.1) is 34.6 Å². The molecule has 1 N–H and O–H groups in total. The summed E-state index contributed by atoms with van der Waals surface area (Å²) in [7, 11) is -3.50. The number of benzene rings is 1. The number of aliphatic hydroxyl groups is 1. The molecule has 8 nitrogen and oxygen atoms in total. The lowest BCUT2D eigenvalue weighted by Gasteiger charge is -2.23. The largest absolute Gasteiger partial charge is 0.474 e. The number of hydrogen-bond donors (Lipinski definition) is 1. The molecule has 1 aliphatic rings. The molecule has 168 valence electrons. The van der Waals surface area contributed by atoms with Gasteiger partial charge in [0.15, 0.2) is 15.7 Å². The van der Waals surface area contributed by atoms with Gasteiger partial charge in [-0.1, -0.05) is 37.3 Å². The molecule has 1 amide bonds. The van der Waals surface area contributed by atoms with Gasteiger partial charge in [-0.15, -0.1) is 0 Å². The van der Waals surface area contributed by atoms with E-state index in [1.165, 1.54) is 48.3 Å². The van der Waals surface area contributed by atoms with Gasteiger partial charge >= 0.3 is 0 Å². The highest BCUT2D eigenvalue weighted by Crippen LogP contribution is 2.33. The van der Waals surface area contributed by atoms with Crippen molar-refractivity contribution in [1.82, 2.24) is 9.97 Å². The number of nitrogens with zero attached hydrogens (tertiary/aromatic N) is 3. The average Bonchev–Trinajstić information content (AvgIpc) is 3.25. The van der Waals surface area contributed by atoms with Crippen molar-refractivity contribution < 1.29 is 23.1 Å². The van der Waals surface area contributed by atoms with Gasteiger partial charge in [-0.05, 0) is 30.5 Å². The van der Waals surface area contributed by atoms with Crippen LogP contribution in [0.4, 0.5) is 11.5 Å². The fraction of sp³-hybridized carbons (Fsp3) is 0.476. The normalized spacial score (nSPS) is 14.5. The van der Waals surface area contributed by atoms with E-state index in [-0.39, 0.29) is 40.7 Å². The summed E-state index contributed by atoms with van der Waals surface area (Å²) in [5, 5.41) is 8.90. The first-order chi connectivity index (χ1) is 14.8. The summed E-state index contributed by atoms with van der Waals surface area (Å²) >= 11 is 6.22. The van der Waals surface area contributed by atoms with E-state index in [0.717, 1.165) is 25.5 Å². The summed E-state index contributed by atoms with van der Waals surface area (Å²) in [6.07, 6.45) is 9.65. The Bertz CT molecular complexity index is 1010. The van der Waals surface area contributed by atoms with Gasteiger partial charge in [0.2, 0.25) is 11.8 Å². The van der Waals surface area contributed by atoms with Crippen molar-refractivity contribution in [1.29, 1.82) is 0 Å². The number of amides is 1. The SMILES string of the molecule is CS(=O)(=O)c1ccc(N(C(=O)CCC2CCCC2)c2cnc(OCCO)cn2)cc1Cl. The number of anilines is 2. The van der Waals surface area contributed by atoms with E-state index in [2.05, 4.69) is 9.97 Å². The van der Waals surface area contributed by atoms with Gasteiger partial charge in [-0.25, -0.2) is 18.4 Å². The Hall–Kier alpha value is -2.23. The molecule has 0 radical (unpaired) electrons. The van der Waals surface area contributed by atoms with E-state index >= 15 is 0 Å². The van der Waals surface area contributed by atoms with Crippen LogP contribution in [0.15, 0.2) is 35.5 Å². The van der Waals surface area contributed by atoms with Gasteiger partial charge in [0, 0.05) is 12.7 Å². The molecule has 1 heterocycles. The van der Waals surface area contributed by atoms with Crippen molar-refractivity contribution in [2.45, 2.75) is 43.4 Å². The van der Waals surface area contributed by atoms with E-state index in [1.54, 1.807) is 0 Å². The first-order valence-corrected chi connectivity index (χ1v) is 12.4. The molecule has 1 aromatic heterocycles. The van der Waals surface area contributed by atoms with Crippen molar-refractivity contribution in [3.8, 4) is 5.88 Å². The zero-order chi connectivity index (χ0) is 22.4. The summed E-state index contributed by atoms with van der Waals surface area (Å²) < 4.78 is 29.0. The minimum atomic E-state index is -3.50.